The van der Waals surface area contributed by atoms with Crippen LogP contribution in [0.3, 0.4) is 0 Å². The van der Waals surface area contributed by atoms with Gasteiger partial charge in [0.15, 0.2) is 0 Å². The molecule has 0 radical (unpaired) electrons. The smallest absolute Gasteiger partial charge is 0.416 e. The van der Waals surface area contributed by atoms with Crippen molar-refractivity contribution in [3.05, 3.63) is 64.2 Å². The van der Waals surface area contributed by atoms with E-state index < -0.39 is 17.8 Å². The van der Waals surface area contributed by atoms with Gasteiger partial charge in [0.1, 0.15) is 18.2 Å². The number of alkyl halides is 3. The van der Waals surface area contributed by atoms with Crippen molar-refractivity contribution in [3.8, 4) is 5.75 Å². The Kier molecular flexibility index (Phi) is 4.55. The molecule has 0 saturated heterocycles. The summed E-state index contributed by atoms with van der Waals surface area (Å²) in [5.74, 6) is 2.07. The van der Waals surface area contributed by atoms with E-state index in [4.69, 9.17) is 10.5 Å². The van der Waals surface area contributed by atoms with E-state index in [9.17, 15) is 18.0 Å². The Labute approximate surface area is 180 Å². The maximum atomic E-state index is 13.2. The average molecular weight is 445 g/mol. The van der Waals surface area contributed by atoms with E-state index in [2.05, 4.69) is 4.98 Å². The molecule has 0 aliphatic carbocycles. The number of thioether (sulfide) groups is 1. The molecule has 31 heavy (non-hydrogen) atoms. The van der Waals surface area contributed by atoms with Crippen LogP contribution >= 0.6 is 11.8 Å². The zero-order chi connectivity index (χ0) is 21.9. The third-order valence-corrected chi connectivity index (χ3v) is 6.85. The van der Waals surface area contributed by atoms with Gasteiger partial charge in [0, 0.05) is 40.6 Å². The number of halogens is 3. The second-order valence-corrected chi connectivity index (χ2v) is 8.66. The molecule has 2 aromatic carbocycles. The summed E-state index contributed by atoms with van der Waals surface area (Å²) in [6.45, 7) is 0.108. The molecule has 160 valence electrons. The van der Waals surface area contributed by atoms with Gasteiger partial charge in [-0.05, 0) is 35.9 Å². The van der Waals surface area contributed by atoms with E-state index in [0.29, 0.717) is 16.9 Å². The Hall–Kier alpha value is -2.94. The number of pyridine rings is 1. The third kappa shape index (κ3) is 3.27. The number of carbonyl (C=O) groups is 1. The molecule has 2 N–H and O–H groups in total. The third-order valence-electron chi connectivity index (χ3n) is 5.86. The summed E-state index contributed by atoms with van der Waals surface area (Å²) in [6.07, 6.45) is -4.45. The normalized spacial score (nSPS) is 17.4. The molecular weight excluding hydrogens is 427 g/mol. The number of nitrogen functional groups attached to an aromatic ring is 1. The molecule has 1 aromatic heterocycles. The molecule has 0 spiro atoms. The molecule has 0 bridgehead atoms. The standard InChI is InChI=1S/C22H18F3N3O2S/c1-28(18-8-30-19-7-12(22(23,24)25)3-4-13(18)19)21(29)11-2-5-17-14(6-11)15-9-31-10-16(15)20(26)27-17/h2-7,18H,8-10H2,1H3,(H2,26,27)/t18-/m1/s1. The van der Waals surface area contributed by atoms with Crippen molar-refractivity contribution in [2.24, 2.45) is 0 Å². The fourth-order valence-electron chi connectivity index (χ4n) is 4.14. The monoisotopic (exact) mass is 445 g/mol. The molecule has 9 heteroatoms. The zero-order valence-corrected chi connectivity index (χ0v) is 17.3. The largest absolute Gasteiger partial charge is 0.491 e. The van der Waals surface area contributed by atoms with Gasteiger partial charge in [-0.3, -0.25) is 4.79 Å². The van der Waals surface area contributed by atoms with Crippen molar-refractivity contribution >= 4 is 34.4 Å². The Morgan fingerprint density at radius 1 is 1.19 bits per heavy atom. The van der Waals surface area contributed by atoms with Gasteiger partial charge in [-0.25, -0.2) is 4.98 Å². The Balaban J connectivity index is 1.47. The van der Waals surface area contributed by atoms with E-state index in [1.54, 1.807) is 30.9 Å². The van der Waals surface area contributed by atoms with Crippen LogP contribution in [0.2, 0.25) is 0 Å². The number of benzene rings is 2. The quantitative estimate of drug-likeness (QED) is 0.614. The number of nitrogens with zero attached hydrogens (tertiary/aromatic N) is 2. The van der Waals surface area contributed by atoms with Gasteiger partial charge in [-0.15, -0.1) is 0 Å². The van der Waals surface area contributed by atoms with Gasteiger partial charge in [-0.1, -0.05) is 6.07 Å². The number of likely N-dealkylation sites (N-methyl/N-ethyl adjacent to an activating group) is 1. The van der Waals surface area contributed by atoms with E-state index in [0.717, 1.165) is 45.7 Å². The van der Waals surface area contributed by atoms with Crippen LogP contribution in [-0.4, -0.2) is 29.4 Å². The molecule has 2 aliphatic heterocycles. The minimum atomic E-state index is -4.45. The molecule has 3 aromatic rings. The predicted molar refractivity (Wildman–Crippen MR) is 113 cm³/mol. The number of hydrogen-bond donors (Lipinski definition) is 1. The highest BCUT2D eigenvalue weighted by molar-refractivity contribution is 7.98. The van der Waals surface area contributed by atoms with Gasteiger partial charge >= 0.3 is 6.18 Å². The maximum absolute atomic E-state index is 13.2. The number of aromatic nitrogens is 1. The summed E-state index contributed by atoms with van der Waals surface area (Å²) in [5.41, 5.74) is 9.22. The van der Waals surface area contributed by atoms with Crippen molar-refractivity contribution in [1.29, 1.82) is 0 Å². The summed E-state index contributed by atoms with van der Waals surface area (Å²) >= 11 is 1.76. The number of carbonyl (C=O) groups excluding carboxylic acids is 1. The van der Waals surface area contributed by atoms with Crippen LogP contribution in [-0.2, 0) is 17.7 Å². The van der Waals surface area contributed by atoms with Crippen LogP contribution in [0.1, 0.15) is 38.7 Å². The van der Waals surface area contributed by atoms with Crippen LogP contribution in [0, 0.1) is 0 Å². The van der Waals surface area contributed by atoms with E-state index in [1.165, 1.54) is 11.0 Å². The van der Waals surface area contributed by atoms with Crippen LogP contribution < -0.4 is 10.5 Å². The first-order chi connectivity index (χ1) is 14.7. The highest BCUT2D eigenvalue weighted by Gasteiger charge is 2.36. The maximum Gasteiger partial charge on any atom is 0.416 e. The summed E-state index contributed by atoms with van der Waals surface area (Å²) in [5, 5.41) is 0.909. The lowest BCUT2D eigenvalue weighted by atomic mass is 10.0. The number of fused-ring (bicyclic) bond motifs is 4. The lowest BCUT2D eigenvalue weighted by Gasteiger charge is -2.24. The lowest BCUT2D eigenvalue weighted by Crippen LogP contribution is -2.32. The topological polar surface area (TPSA) is 68.5 Å². The van der Waals surface area contributed by atoms with Crippen LogP contribution in [0.15, 0.2) is 36.4 Å². The van der Waals surface area contributed by atoms with Crippen molar-refractivity contribution in [3.63, 3.8) is 0 Å². The lowest BCUT2D eigenvalue weighted by molar-refractivity contribution is -0.137. The molecule has 0 fully saturated rings. The van der Waals surface area contributed by atoms with Gasteiger partial charge in [-0.2, -0.15) is 24.9 Å². The van der Waals surface area contributed by atoms with Crippen molar-refractivity contribution in [1.82, 2.24) is 9.88 Å². The first kappa shape index (κ1) is 20.0. The van der Waals surface area contributed by atoms with E-state index >= 15 is 0 Å². The number of hydrogen-bond acceptors (Lipinski definition) is 5. The van der Waals surface area contributed by atoms with Gasteiger partial charge in [0.05, 0.1) is 17.1 Å². The zero-order valence-electron chi connectivity index (χ0n) is 16.5. The Morgan fingerprint density at radius 3 is 2.74 bits per heavy atom. The Morgan fingerprint density at radius 2 is 1.97 bits per heavy atom. The number of ether oxygens (including phenoxy) is 1. The number of nitrogens with two attached hydrogens (primary N) is 1. The molecule has 2 aliphatic rings. The fourth-order valence-corrected chi connectivity index (χ4v) is 5.30. The van der Waals surface area contributed by atoms with Crippen LogP contribution in [0.25, 0.3) is 10.9 Å². The van der Waals surface area contributed by atoms with E-state index in [-0.39, 0.29) is 18.3 Å². The number of amides is 1. The van der Waals surface area contributed by atoms with Gasteiger partial charge < -0.3 is 15.4 Å². The molecule has 3 heterocycles. The van der Waals surface area contributed by atoms with Crippen molar-refractivity contribution in [2.45, 2.75) is 23.7 Å². The molecule has 0 unspecified atom stereocenters. The predicted octanol–water partition coefficient (Wildman–Crippen LogP) is 4.79. The molecule has 1 amide bonds. The first-order valence-electron chi connectivity index (χ1n) is 9.64. The summed E-state index contributed by atoms with van der Waals surface area (Å²) in [7, 11) is 1.63. The number of rotatable bonds is 2. The molecular formula is C22H18F3N3O2S. The SMILES string of the molecule is CN(C(=O)c1ccc2nc(N)c3c(c2c1)CSC3)[C@@H]1COc2cc(C(F)(F)F)ccc21. The van der Waals surface area contributed by atoms with Crippen molar-refractivity contribution in [2.75, 3.05) is 19.4 Å². The highest BCUT2D eigenvalue weighted by Crippen LogP contribution is 2.41. The minimum absolute atomic E-state index is 0.108. The van der Waals surface area contributed by atoms with Crippen LogP contribution in [0.4, 0.5) is 19.0 Å². The number of anilines is 1. The molecule has 1 atom stereocenters. The average Bonchev–Trinajstić information content (AvgIpc) is 3.39. The minimum Gasteiger partial charge on any atom is -0.491 e. The summed E-state index contributed by atoms with van der Waals surface area (Å²) < 4.78 is 44.4. The highest BCUT2D eigenvalue weighted by atomic mass is 32.2. The second kappa shape index (κ2) is 7.05. The molecule has 5 rings (SSSR count). The van der Waals surface area contributed by atoms with E-state index in [1.807, 2.05) is 6.07 Å². The Bertz CT molecular complexity index is 1230. The molecule has 0 saturated carbocycles. The fraction of sp³-hybridized carbons (Fsp3) is 0.273. The second-order valence-electron chi connectivity index (χ2n) is 7.67. The van der Waals surface area contributed by atoms with Crippen LogP contribution in [0.5, 0.6) is 5.75 Å². The first-order valence-corrected chi connectivity index (χ1v) is 10.8. The van der Waals surface area contributed by atoms with Gasteiger partial charge in [0.25, 0.3) is 5.91 Å². The van der Waals surface area contributed by atoms with Crippen molar-refractivity contribution < 1.29 is 22.7 Å². The molecule has 5 nitrogen and oxygen atoms in total. The summed E-state index contributed by atoms with van der Waals surface area (Å²) in [4.78, 5) is 19.2. The van der Waals surface area contributed by atoms with Gasteiger partial charge in [0.2, 0.25) is 0 Å². The summed E-state index contributed by atoms with van der Waals surface area (Å²) in [6, 6.07) is 8.24.